The van der Waals surface area contributed by atoms with Gasteiger partial charge in [0.1, 0.15) is 6.07 Å². The van der Waals surface area contributed by atoms with Gasteiger partial charge in [-0.15, -0.1) is 0 Å². The van der Waals surface area contributed by atoms with Crippen LogP contribution in [0.5, 0.6) is 0 Å². The average molecular weight is 234 g/mol. The molecular formula is C5H3ClF3NO2S. The van der Waals surface area contributed by atoms with E-state index >= 15 is 0 Å². The topological polar surface area (TPSA) is 57.9 Å². The standard InChI is InChI=1S/C5H3ClF3NO2S/c1-13(11,12)3(2-10)4(6)5(7,8)9/h1H3. The number of sulfone groups is 1. The molecule has 3 nitrogen and oxygen atoms in total. The number of halogens is 4. The van der Waals surface area contributed by atoms with Crippen LogP contribution < -0.4 is 0 Å². The van der Waals surface area contributed by atoms with E-state index < -0.39 is 26.0 Å². The van der Waals surface area contributed by atoms with Crippen molar-refractivity contribution in [2.75, 3.05) is 6.26 Å². The fourth-order valence-electron chi connectivity index (χ4n) is 0.423. The monoisotopic (exact) mass is 233 g/mol. The Morgan fingerprint density at radius 2 is 1.85 bits per heavy atom. The Kier molecular flexibility index (Phi) is 3.35. The van der Waals surface area contributed by atoms with Gasteiger partial charge < -0.3 is 0 Å². The second kappa shape index (κ2) is 3.55. The lowest BCUT2D eigenvalue weighted by atomic mass is 10.5. The molecule has 0 unspecified atom stereocenters. The molecule has 13 heavy (non-hydrogen) atoms. The van der Waals surface area contributed by atoms with Crippen molar-refractivity contribution in [2.24, 2.45) is 0 Å². The molecule has 0 amide bonds. The molecular weight excluding hydrogens is 231 g/mol. The largest absolute Gasteiger partial charge is 0.428 e. The number of alkyl halides is 3. The molecule has 0 aliphatic carbocycles. The molecule has 8 heteroatoms. The fraction of sp³-hybridized carbons (Fsp3) is 0.400. The minimum absolute atomic E-state index is 0.472. The zero-order chi connectivity index (χ0) is 10.9. The van der Waals surface area contributed by atoms with Crippen LogP contribution in [0.25, 0.3) is 0 Å². The predicted octanol–water partition coefficient (Wildman–Crippen LogP) is 1.57. The zero-order valence-corrected chi connectivity index (χ0v) is 7.76. The Bertz CT molecular complexity index is 376. The van der Waals surface area contributed by atoms with Crippen molar-refractivity contribution >= 4 is 21.4 Å². The van der Waals surface area contributed by atoms with Crippen molar-refractivity contribution in [3.63, 3.8) is 0 Å². The molecule has 0 aromatic carbocycles. The van der Waals surface area contributed by atoms with Crippen LogP contribution in [-0.4, -0.2) is 20.8 Å². The van der Waals surface area contributed by atoms with Gasteiger partial charge in [0.2, 0.25) is 0 Å². The van der Waals surface area contributed by atoms with E-state index in [2.05, 4.69) is 11.6 Å². The molecule has 0 radical (unpaired) electrons. The van der Waals surface area contributed by atoms with Crippen LogP contribution >= 0.6 is 11.6 Å². The summed E-state index contributed by atoms with van der Waals surface area (Å²) in [5, 5.41) is 6.20. The summed E-state index contributed by atoms with van der Waals surface area (Å²) in [6, 6.07) is 0.888. The minimum atomic E-state index is -5.02. The summed E-state index contributed by atoms with van der Waals surface area (Å²) in [6.07, 6.45) is -4.55. The van der Waals surface area contributed by atoms with Crippen molar-refractivity contribution in [3.05, 3.63) is 9.94 Å². The van der Waals surface area contributed by atoms with Gasteiger partial charge in [-0.1, -0.05) is 11.6 Å². The van der Waals surface area contributed by atoms with Gasteiger partial charge in [-0.3, -0.25) is 0 Å². The van der Waals surface area contributed by atoms with E-state index in [9.17, 15) is 21.6 Å². The van der Waals surface area contributed by atoms with E-state index in [0.717, 1.165) is 6.07 Å². The van der Waals surface area contributed by atoms with Gasteiger partial charge in [0, 0.05) is 6.26 Å². The van der Waals surface area contributed by atoms with Gasteiger partial charge in [0.05, 0.1) is 0 Å². The molecule has 0 aliphatic heterocycles. The lowest BCUT2D eigenvalue weighted by Gasteiger charge is -2.05. The van der Waals surface area contributed by atoms with Gasteiger partial charge in [0.15, 0.2) is 19.8 Å². The van der Waals surface area contributed by atoms with E-state index in [4.69, 9.17) is 5.26 Å². The Morgan fingerprint density at radius 3 is 1.92 bits per heavy atom. The minimum Gasteiger partial charge on any atom is -0.223 e. The normalized spacial score (nSPS) is 14.8. The van der Waals surface area contributed by atoms with Crippen molar-refractivity contribution in [1.82, 2.24) is 0 Å². The van der Waals surface area contributed by atoms with Crippen molar-refractivity contribution in [2.45, 2.75) is 6.18 Å². The first-order valence-electron chi connectivity index (χ1n) is 2.68. The highest BCUT2D eigenvalue weighted by atomic mass is 35.5. The third kappa shape index (κ3) is 3.24. The van der Waals surface area contributed by atoms with E-state index in [1.54, 1.807) is 0 Å². The zero-order valence-electron chi connectivity index (χ0n) is 6.18. The van der Waals surface area contributed by atoms with Crippen LogP contribution in [0.2, 0.25) is 0 Å². The molecule has 0 atom stereocenters. The molecule has 74 valence electrons. The number of rotatable bonds is 1. The number of hydrogen-bond donors (Lipinski definition) is 0. The summed E-state index contributed by atoms with van der Waals surface area (Å²) < 4.78 is 56.6. The van der Waals surface area contributed by atoms with Gasteiger partial charge >= 0.3 is 6.18 Å². The summed E-state index contributed by atoms with van der Waals surface area (Å²) in [5.41, 5.74) is 0. The first-order chi connectivity index (χ1) is 5.60. The molecule has 0 saturated carbocycles. The number of allylic oxidation sites excluding steroid dienone is 2. The van der Waals surface area contributed by atoms with E-state index in [0.29, 0.717) is 6.26 Å². The van der Waals surface area contributed by atoms with Crippen molar-refractivity contribution < 1.29 is 21.6 Å². The lowest BCUT2D eigenvalue weighted by Crippen LogP contribution is -2.13. The maximum atomic E-state index is 11.8. The van der Waals surface area contributed by atoms with E-state index in [1.807, 2.05) is 0 Å². The second-order valence-corrected chi connectivity index (χ2v) is 4.36. The van der Waals surface area contributed by atoms with Crippen LogP contribution in [0, 0.1) is 11.3 Å². The van der Waals surface area contributed by atoms with Crippen LogP contribution in [0.1, 0.15) is 0 Å². The molecule has 0 saturated heterocycles. The van der Waals surface area contributed by atoms with Crippen molar-refractivity contribution in [3.8, 4) is 6.07 Å². The van der Waals surface area contributed by atoms with E-state index in [-0.39, 0.29) is 0 Å². The maximum absolute atomic E-state index is 11.8. The Hall–Kier alpha value is -0.740. The van der Waals surface area contributed by atoms with Gasteiger partial charge in [0.25, 0.3) is 0 Å². The number of nitriles is 1. The number of nitrogens with zero attached hydrogens (tertiary/aromatic N) is 1. The molecule has 0 rings (SSSR count). The SMILES string of the molecule is CS(=O)(=O)C(C#N)=C(Cl)C(F)(F)F. The highest BCUT2D eigenvalue weighted by Crippen LogP contribution is 2.32. The van der Waals surface area contributed by atoms with Crippen LogP contribution in [0.3, 0.4) is 0 Å². The van der Waals surface area contributed by atoms with Gasteiger partial charge in [-0.05, 0) is 0 Å². The molecule has 0 fully saturated rings. The average Bonchev–Trinajstić information content (AvgIpc) is 1.83. The first-order valence-corrected chi connectivity index (χ1v) is 4.94. The van der Waals surface area contributed by atoms with Gasteiger partial charge in [-0.2, -0.15) is 18.4 Å². The number of hydrogen-bond acceptors (Lipinski definition) is 3. The molecule has 0 aromatic heterocycles. The van der Waals surface area contributed by atoms with E-state index in [1.165, 1.54) is 0 Å². The molecule has 0 bridgehead atoms. The molecule has 0 aromatic rings. The summed E-state index contributed by atoms with van der Waals surface area (Å²) in [5.74, 6) is 0. The van der Waals surface area contributed by atoms with Crippen LogP contribution in [0.4, 0.5) is 13.2 Å². The van der Waals surface area contributed by atoms with Crippen molar-refractivity contribution in [1.29, 1.82) is 5.26 Å². The molecule has 0 spiro atoms. The summed E-state index contributed by atoms with van der Waals surface area (Å²) in [4.78, 5) is -1.47. The summed E-state index contributed by atoms with van der Waals surface area (Å²) in [6.45, 7) is 0. The second-order valence-electron chi connectivity index (χ2n) is 2.02. The maximum Gasteiger partial charge on any atom is 0.428 e. The third-order valence-corrected chi connectivity index (χ3v) is 2.47. The van der Waals surface area contributed by atoms with Gasteiger partial charge in [-0.25, -0.2) is 8.42 Å². The van der Waals surface area contributed by atoms with Crippen LogP contribution in [0.15, 0.2) is 9.94 Å². The third-order valence-electron chi connectivity index (χ3n) is 0.921. The highest BCUT2D eigenvalue weighted by Gasteiger charge is 2.38. The lowest BCUT2D eigenvalue weighted by molar-refractivity contribution is -0.0847. The Balaban J connectivity index is 5.61. The fourth-order valence-corrected chi connectivity index (χ4v) is 1.49. The first kappa shape index (κ1) is 12.3. The highest BCUT2D eigenvalue weighted by molar-refractivity contribution is 7.94. The molecule has 0 aliphatic rings. The Morgan fingerprint density at radius 1 is 1.46 bits per heavy atom. The quantitative estimate of drug-likeness (QED) is 0.646. The van der Waals surface area contributed by atoms with Crippen LogP contribution in [-0.2, 0) is 9.84 Å². The summed E-state index contributed by atoms with van der Waals surface area (Å²) in [7, 11) is -4.23. The summed E-state index contributed by atoms with van der Waals surface area (Å²) >= 11 is 4.66. The molecule has 0 heterocycles. The smallest absolute Gasteiger partial charge is 0.223 e. The Labute approximate surface area is 77.3 Å². The molecule has 0 N–H and O–H groups in total. The predicted molar refractivity (Wildman–Crippen MR) is 39.4 cm³/mol.